The number of benzene rings is 1. The summed E-state index contributed by atoms with van der Waals surface area (Å²) in [6.07, 6.45) is -0.0384. The van der Waals surface area contributed by atoms with Crippen molar-refractivity contribution in [2.75, 3.05) is 13.1 Å². The summed E-state index contributed by atoms with van der Waals surface area (Å²) in [5, 5.41) is 11.7. The van der Waals surface area contributed by atoms with E-state index in [1.54, 1.807) is 6.07 Å². The Hall–Kier alpha value is -0.970. The minimum absolute atomic E-state index is 0.140. The molecule has 1 atom stereocenters. The number of hydrogen-bond donors (Lipinski definition) is 1. The molecule has 1 amide bonds. The standard InChI is InChI=1S/C16H21Cl2NO3/c1-10-5-6-11(13(18)12(10)17)16(21)7-8-19(9-16)14(20)22-15(2,3)4/h5-6,21H,7-9H2,1-4H3. The van der Waals surface area contributed by atoms with Crippen LogP contribution in [0.1, 0.15) is 38.3 Å². The Labute approximate surface area is 141 Å². The summed E-state index contributed by atoms with van der Waals surface area (Å²) < 4.78 is 5.34. The van der Waals surface area contributed by atoms with Gasteiger partial charge in [-0.2, -0.15) is 0 Å². The van der Waals surface area contributed by atoms with E-state index in [9.17, 15) is 9.90 Å². The second-order valence-electron chi connectivity index (χ2n) is 6.74. The van der Waals surface area contributed by atoms with E-state index >= 15 is 0 Å². The zero-order chi connectivity index (χ0) is 16.7. The predicted molar refractivity (Wildman–Crippen MR) is 87.5 cm³/mol. The summed E-state index contributed by atoms with van der Waals surface area (Å²) in [7, 11) is 0. The van der Waals surface area contributed by atoms with E-state index < -0.39 is 17.3 Å². The quantitative estimate of drug-likeness (QED) is 0.832. The van der Waals surface area contributed by atoms with Crippen LogP contribution in [-0.4, -0.2) is 34.8 Å². The highest BCUT2D eigenvalue weighted by Crippen LogP contribution is 2.40. The minimum Gasteiger partial charge on any atom is -0.444 e. The Morgan fingerprint density at radius 1 is 1.32 bits per heavy atom. The maximum absolute atomic E-state index is 12.1. The summed E-state index contributed by atoms with van der Waals surface area (Å²) >= 11 is 12.4. The predicted octanol–water partition coefficient (Wildman–Crippen LogP) is 4.13. The van der Waals surface area contributed by atoms with Gasteiger partial charge in [-0.25, -0.2) is 4.79 Å². The number of ether oxygens (including phenoxy) is 1. The molecule has 0 spiro atoms. The van der Waals surface area contributed by atoms with Crippen molar-refractivity contribution in [3.05, 3.63) is 33.3 Å². The van der Waals surface area contributed by atoms with Crippen LogP contribution in [0.2, 0.25) is 10.0 Å². The first kappa shape index (κ1) is 17.4. The van der Waals surface area contributed by atoms with Crippen molar-refractivity contribution in [3.8, 4) is 0 Å². The van der Waals surface area contributed by atoms with Crippen LogP contribution in [0.15, 0.2) is 12.1 Å². The monoisotopic (exact) mass is 345 g/mol. The zero-order valence-corrected chi connectivity index (χ0v) is 14.8. The molecular formula is C16H21Cl2NO3. The van der Waals surface area contributed by atoms with Gasteiger partial charge in [0.2, 0.25) is 0 Å². The normalized spacial score (nSPS) is 22.0. The first-order chi connectivity index (χ1) is 10.0. The van der Waals surface area contributed by atoms with Crippen molar-refractivity contribution < 1.29 is 14.6 Å². The van der Waals surface area contributed by atoms with Crippen LogP contribution in [0, 0.1) is 6.92 Å². The highest BCUT2D eigenvalue weighted by atomic mass is 35.5. The number of likely N-dealkylation sites (tertiary alicyclic amines) is 1. The second-order valence-corrected chi connectivity index (χ2v) is 7.50. The van der Waals surface area contributed by atoms with E-state index in [1.165, 1.54) is 4.90 Å². The molecule has 122 valence electrons. The highest BCUT2D eigenvalue weighted by molar-refractivity contribution is 6.43. The average molecular weight is 346 g/mol. The van der Waals surface area contributed by atoms with Gasteiger partial charge < -0.3 is 14.7 Å². The third-order valence-corrected chi connectivity index (χ3v) is 4.65. The van der Waals surface area contributed by atoms with E-state index in [4.69, 9.17) is 27.9 Å². The number of aliphatic hydroxyl groups is 1. The number of aryl methyl sites for hydroxylation is 1. The van der Waals surface area contributed by atoms with Gasteiger partial charge in [-0.05, 0) is 39.7 Å². The van der Waals surface area contributed by atoms with Gasteiger partial charge in [0.1, 0.15) is 11.2 Å². The largest absolute Gasteiger partial charge is 0.444 e. The number of rotatable bonds is 1. The molecule has 0 radical (unpaired) electrons. The number of carbonyl (C=O) groups excluding carboxylic acids is 1. The van der Waals surface area contributed by atoms with Crippen LogP contribution in [0.25, 0.3) is 0 Å². The van der Waals surface area contributed by atoms with Gasteiger partial charge in [-0.1, -0.05) is 35.3 Å². The van der Waals surface area contributed by atoms with E-state index in [2.05, 4.69) is 0 Å². The Bertz CT molecular complexity index is 598. The maximum atomic E-state index is 12.1. The fourth-order valence-electron chi connectivity index (χ4n) is 2.50. The molecule has 0 saturated carbocycles. The topological polar surface area (TPSA) is 49.8 Å². The molecule has 1 aromatic carbocycles. The third kappa shape index (κ3) is 3.50. The second kappa shape index (κ2) is 5.91. The maximum Gasteiger partial charge on any atom is 0.410 e. The lowest BCUT2D eigenvalue weighted by atomic mass is 9.92. The summed E-state index contributed by atoms with van der Waals surface area (Å²) in [5.41, 5.74) is -0.370. The molecule has 6 heteroatoms. The van der Waals surface area contributed by atoms with E-state index in [1.807, 2.05) is 33.8 Å². The summed E-state index contributed by atoms with van der Waals surface area (Å²) in [4.78, 5) is 13.6. The molecule has 0 aliphatic carbocycles. The van der Waals surface area contributed by atoms with Gasteiger partial charge in [0.05, 0.1) is 16.6 Å². The molecule has 1 aliphatic rings. The van der Waals surface area contributed by atoms with Crippen molar-refractivity contribution in [1.29, 1.82) is 0 Å². The number of carbonyl (C=O) groups is 1. The fourth-order valence-corrected chi connectivity index (χ4v) is 3.05. The number of halogens is 2. The van der Waals surface area contributed by atoms with Gasteiger partial charge in [-0.3, -0.25) is 0 Å². The lowest BCUT2D eigenvalue weighted by Crippen LogP contribution is -2.38. The van der Waals surface area contributed by atoms with E-state index in [0.717, 1.165) is 5.56 Å². The summed E-state index contributed by atoms with van der Waals surface area (Å²) in [6.45, 7) is 7.83. The summed E-state index contributed by atoms with van der Waals surface area (Å²) in [6, 6.07) is 3.58. The van der Waals surface area contributed by atoms with Crippen LogP contribution in [0.4, 0.5) is 4.79 Å². The average Bonchev–Trinajstić information content (AvgIpc) is 2.78. The van der Waals surface area contributed by atoms with Crippen molar-refractivity contribution >= 4 is 29.3 Å². The zero-order valence-electron chi connectivity index (χ0n) is 13.2. The lowest BCUT2D eigenvalue weighted by Gasteiger charge is -2.27. The van der Waals surface area contributed by atoms with Crippen molar-refractivity contribution in [1.82, 2.24) is 4.90 Å². The van der Waals surface area contributed by atoms with Crippen LogP contribution in [0.3, 0.4) is 0 Å². The number of nitrogens with zero attached hydrogens (tertiary/aromatic N) is 1. The molecule has 1 heterocycles. The van der Waals surface area contributed by atoms with Gasteiger partial charge in [0, 0.05) is 12.1 Å². The molecule has 1 unspecified atom stereocenters. The molecule has 1 N–H and O–H groups in total. The number of hydrogen-bond acceptors (Lipinski definition) is 3. The first-order valence-electron chi connectivity index (χ1n) is 7.19. The van der Waals surface area contributed by atoms with E-state index in [0.29, 0.717) is 28.6 Å². The molecule has 1 aliphatic heterocycles. The Kier molecular flexibility index (Phi) is 4.67. The Balaban J connectivity index is 2.21. The highest BCUT2D eigenvalue weighted by Gasteiger charge is 2.42. The van der Waals surface area contributed by atoms with Crippen LogP contribution >= 0.6 is 23.2 Å². The van der Waals surface area contributed by atoms with Gasteiger partial charge in [-0.15, -0.1) is 0 Å². The molecule has 4 nitrogen and oxygen atoms in total. The molecule has 1 fully saturated rings. The van der Waals surface area contributed by atoms with Crippen LogP contribution in [-0.2, 0) is 10.3 Å². The Morgan fingerprint density at radius 2 is 1.95 bits per heavy atom. The summed E-state index contributed by atoms with van der Waals surface area (Å²) in [5.74, 6) is 0. The Morgan fingerprint density at radius 3 is 2.55 bits per heavy atom. The first-order valence-corrected chi connectivity index (χ1v) is 7.94. The lowest BCUT2D eigenvalue weighted by molar-refractivity contribution is 0.0140. The van der Waals surface area contributed by atoms with Crippen molar-refractivity contribution in [2.24, 2.45) is 0 Å². The SMILES string of the molecule is Cc1ccc(C2(O)CCN(C(=O)OC(C)(C)C)C2)c(Cl)c1Cl. The number of amides is 1. The van der Waals surface area contributed by atoms with Crippen LogP contribution < -0.4 is 0 Å². The molecule has 1 aromatic rings. The van der Waals surface area contributed by atoms with Crippen molar-refractivity contribution in [2.45, 2.75) is 45.3 Å². The molecule has 0 aromatic heterocycles. The number of β-amino-alcohol motifs (C(OH)–C–C–N with tert-alkyl or cyclic N) is 1. The van der Waals surface area contributed by atoms with Gasteiger partial charge in [0.25, 0.3) is 0 Å². The molecule has 1 saturated heterocycles. The minimum atomic E-state index is -1.20. The van der Waals surface area contributed by atoms with Gasteiger partial charge >= 0.3 is 6.09 Å². The third-order valence-electron chi connectivity index (χ3n) is 3.68. The molecule has 2 rings (SSSR count). The van der Waals surface area contributed by atoms with Crippen molar-refractivity contribution in [3.63, 3.8) is 0 Å². The smallest absolute Gasteiger partial charge is 0.410 e. The van der Waals surface area contributed by atoms with Crippen LogP contribution in [0.5, 0.6) is 0 Å². The van der Waals surface area contributed by atoms with E-state index in [-0.39, 0.29) is 6.54 Å². The molecule has 22 heavy (non-hydrogen) atoms. The fraction of sp³-hybridized carbons (Fsp3) is 0.562. The molecule has 0 bridgehead atoms. The van der Waals surface area contributed by atoms with Gasteiger partial charge in [0.15, 0.2) is 0 Å². The molecular weight excluding hydrogens is 325 g/mol.